The molecule has 0 fully saturated rings. The van der Waals surface area contributed by atoms with Gasteiger partial charge in [0.15, 0.2) is 5.82 Å². The van der Waals surface area contributed by atoms with Crippen LogP contribution in [0.15, 0.2) is 12.1 Å². The van der Waals surface area contributed by atoms with Gasteiger partial charge in [-0.1, -0.05) is 37.0 Å². The van der Waals surface area contributed by atoms with E-state index >= 15 is 0 Å². The van der Waals surface area contributed by atoms with Gasteiger partial charge in [-0.3, -0.25) is 0 Å². The van der Waals surface area contributed by atoms with Crippen molar-refractivity contribution in [3.8, 4) is 11.4 Å². The van der Waals surface area contributed by atoms with E-state index in [2.05, 4.69) is 9.97 Å². The number of hydrogen-bond acceptors (Lipinski definition) is 3. The van der Waals surface area contributed by atoms with Gasteiger partial charge in [-0.25, -0.2) is 18.7 Å². The first kappa shape index (κ1) is 16.1. The molecule has 21 heavy (non-hydrogen) atoms. The Balaban J connectivity index is 0.000000774. The normalized spacial score (nSPS) is 12.7. The molecule has 3 rings (SSSR count). The molecule has 0 radical (unpaired) electrons. The van der Waals surface area contributed by atoms with Gasteiger partial charge in [0, 0.05) is 5.56 Å². The molecule has 1 aromatic heterocycles. The van der Waals surface area contributed by atoms with E-state index in [1.807, 2.05) is 13.8 Å². The summed E-state index contributed by atoms with van der Waals surface area (Å²) in [6, 6.07) is 1.83. The molecule has 0 bridgehead atoms. The van der Waals surface area contributed by atoms with Crippen LogP contribution in [0.25, 0.3) is 11.4 Å². The summed E-state index contributed by atoms with van der Waals surface area (Å²) >= 11 is 11.5. The van der Waals surface area contributed by atoms with Crippen LogP contribution in [0.5, 0.6) is 0 Å². The lowest BCUT2D eigenvalue weighted by Gasteiger charge is -2.06. The number of rotatable bonds is 1. The molecule has 7 heteroatoms. The highest BCUT2D eigenvalue weighted by Gasteiger charge is 2.21. The summed E-state index contributed by atoms with van der Waals surface area (Å²) in [5.41, 5.74) is 1.18. The van der Waals surface area contributed by atoms with E-state index in [1.165, 1.54) is 0 Å². The smallest absolute Gasteiger partial charge is 0.164 e. The van der Waals surface area contributed by atoms with Gasteiger partial charge in [-0.2, -0.15) is 0 Å². The van der Waals surface area contributed by atoms with Crippen LogP contribution in [0, 0.1) is 11.6 Å². The van der Waals surface area contributed by atoms with Gasteiger partial charge in [-0.15, -0.1) is 0 Å². The van der Waals surface area contributed by atoms with Crippen molar-refractivity contribution in [1.82, 2.24) is 9.97 Å². The highest BCUT2D eigenvalue weighted by atomic mass is 35.5. The molecule has 2 heterocycles. The van der Waals surface area contributed by atoms with Gasteiger partial charge in [0.25, 0.3) is 0 Å². The zero-order chi connectivity index (χ0) is 15.6. The number of benzene rings is 1. The van der Waals surface area contributed by atoms with Crippen LogP contribution in [0.2, 0.25) is 10.2 Å². The second-order valence-electron chi connectivity index (χ2n) is 4.00. The van der Waals surface area contributed by atoms with Gasteiger partial charge < -0.3 is 4.74 Å². The Morgan fingerprint density at radius 2 is 1.76 bits per heavy atom. The highest BCUT2D eigenvalue weighted by Crippen LogP contribution is 2.30. The average molecular weight is 333 g/mol. The Morgan fingerprint density at radius 3 is 2.48 bits per heavy atom. The molecular formula is C14H12Cl2F2N2O. The van der Waals surface area contributed by atoms with Crippen LogP contribution in [-0.4, -0.2) is 9.97 Å². The van der Waals surface area contributed by atoms with E-state index in [0.29, 0.717) is 17.9 Å². The van der Waals surface area contributed by atoms with Gasteiger partial charge >= 0.3 is 0 Å². The average Bonchev–Trinajstić information content (AvgIpc) is 2.94. The molecule has 0 saturated carbocycles. The molecular weight excluding hydrogens is 321 g/mol. The van der Waals surface area contributed by atoms with Crippen LogP contribution in [-0.2, 0) is 18.0 Å². The van der Waals surface area contributed by atoms with Gasteiger partial charge in [-0.05, 0) is 12.1 Å². The standard InChI is InChI=1S/C12H6Cl2F2N2O.C2H6/c13-7-2-8(15)5(1-9(7)16)12-17-10-4-19-3-6(10)11(14)18-12;1-2/h1-2H,3-4H2;1-2H3. The molecule has 1 aliphatic heterocycles. The Hall–Kier alpha value is -1.30. The summed E-state index contributed by atoms with van der Waals surface area (Å²) in [7, 11) is 0. The van der Waals surface area contributed by atoms with Crippen molar-refractivity contribution in [2.75, 3.05) is 0 Å². The van der Waals surface area contributed by atoms with E-state index in [0.717, 1.165) is 12.1 Å². The number of halogens is 4. The fourth-order valence-corrected chi connectivity index (χ4v) is 2.22. The summed E-state index contributed by atoms with van der Waals surface area (Å²) in [5.74, 6) is -1.43. The third-order valence-electron chi connectivity index (χ3n) is 2.78. The van der Waals surface area contributed by atoms with E-state index in [-0.39, 0.29) is 28.2 Å². The summed E-state index contributed by atoms with van der Waals surface area (Å²) < 4.78 is 32.4. The molecule has 0 aliphatic carbocycles. The Kier molecular flexibility index (Phi) is 5.08. The third-order valence-corrected chi connectivity index (χ3v) is 3.38. The molecule has 1 aromatic carbocycles. The zero-order valence-corrected chi connectivity index (χ0v) is 12.9. The van der Waals surface area contributed by atoms with Crippen molar-refractivity contribution in [3.05, 3.63) is 45.2 Å². The summed E-state index contributed by atoms with van der Waals surface area (Å²) in [6.45, 7) is 4.61. The van der Waals surface area contributed by atoms with E-state index in [9.17, 15) is 8.78 Å². The molecule has 0 amide bonds. The van der Waals surface area contributed by atoms with Crippen molar-refractivity contribution < 1.29 is 13.5 Å². The predicted molar refractivity (Wildman–Crippen MR) is 77.2 cm³/mol. The van der Waals surface area contributed by atoms with E-state index < -0.39 is 11.6 Å². The quantitative estimate of drug-likeness (QED) is 0.556. The molecule has 0 spiro atoms. The molecule has 3 nitrogen and oxygen atoms in total. The summed E-state index contributed by atoms with van der Waals surface area (Å²) in [6.07, 6.45) is 0. The maximum absolute atomic E-state index is 13.8. The van der Waals surface area contributed by atoms with Crippen LogP contribution < -0.4 is 0 Å². The second-order valence-corrected chi connectivity index (χ2v) is 4.77. The minimum Gasteiger partial charge on any atom is -0.370 e. The molecule has 0 unspecified atom stereocenters. The second kappa shape index (κ2) is 6.64. The molecule has 0 N–H and O–H groups in total. The number of nitrogens with zero attached hydrogens (tertiary/aromatic N) is 2. The number of fused-ring (bicyclic) bond motifs is 1. The third kappa shape index (κ3) is 3.15. The maximum atomic E-state index is 13.8. The fourth-order valence-electron chi connectivity index (χ4n) is 1.83. The molecule has 112 valence electrons. The van der Waals surface area contributed by atoms with Crippen LogP contribution in [0.3, 0.4) is 0 Å². The predicted octanol–water partition coefficient (Wildman–Crippen LogP) is 4.79. The van der Waals surface area contributed by atoms with Crippen molar-refractivity contribution in [3.63, 3.8) is 0 Å². The minimum atomic E-state index is -0.741. The minimum absolute atomic E-state index is 0.0160. The van der Waals surface area contributed by atoms with Gasteiger partial charge in [0.1, 0.15) is 16.8 Å². The molecule has 0 atom stereocenters. The van der Waals surface area contributed by atoms with Crippen LogP contribution in [0.1, 0.15) is 25.1 Å². The largest absolute Gasteiger partial charge is 0.370 e. The lowest BCUT2D eigenvalue weighted by atomic mass is 10.1. The lowest BCUT2D eigenvalue weighted by Crippen LogP contribution is -1.99. The highest BCUT2D eigenvalue weighted by molar-refractivity contribution is 6.31. The number of aromatic nitrogens is 2. The van der Waals surface area contributed by atoms with Crippen molar-refractivity contribution in [2.24, 2.45) is 0 Å². The fraction of sp³-hybridized carbons (Fsp3) is 0.286. The lowest BCUT2D eigenvalue weighted by molar-refractivity contribution is 0.133. The van der Waals surface area contributed by atoms with Crippen LogP contribution in [0.4, 0.5) is 8.78 Å². The summed E-state index contributed by atoms with van der Waals surface area (Å²) in [5, 5.41) is -0.107. The number of ether oxygens (including phenoxy) is 1. The zero-order valence-electron chi connectivity index (χ0n) is 11.4. The monoisotopic (exact) mass is 332 g/mol. The number of hydrogen-bond donors (Lipinski definition) is 0. The van der Waals surface area contributed by atoms with Gasteiger partial charge in [0.2, 0.25) is 0 Å². The first-order valence-corrected chi connectivity index (χ1v) is 7.10. The van der Waals surface area contributed by atoms with Crippen molar-refractivity contribution in [1.29, 1.82) is 0 Å². The topological polar surface area (TPSA) is 35.0 Å². The first-order valence-electron chi connectivity index (χ1n) is 6.34. The Morgan fingerprint density at radius 1 is 1.05 bits per heavy atom. The van der Waals surface area contributed by atoms with E-state index in [1.54, 1.807) is 0 Å². The van der Waals surface area contributed by atoms with Crippen LogP contribution >= 0.6 is 23.2 Å². The molecule has 2 aromatic rings. The molecule has 1 aliphatic rings. The summed E-state index contributed by atoms with van der Waals surface area (Å²) in [4.78, 5) is 8.12. The van der Waals surface area contributed by atoms with Crippen molar-refractivity contribution in [2.45, 2.75) is 27.1 Å². The maximum Gasteiger partial charge on any atom is 0.164 e. The van der Waals surface area contributed by atoms with E-state index in [4.69, 9.17) is 27.9 Å². The van der Waals surface area contributed by atoms with Crippen molar-refractivity contribution >= 4 is 23.2 Å². The van der Waals surface area contributed by atoms with Gasteiger partial charge in [0.05, 0.1) is 29.5 Å². The Bertz CT molecular complexity index is 681. The SMILES string of the molecule is CC.Fc1cc(-c2nc(Cl)c3c(n2)COC3)c(F)cc1Cl. The first-order chi connectivity index (χ1) is 10.1. The Labute approximate surface area is 130 Å². The molecule has 0 saturated heterocycles.